The molecule has 0 spiro atoms. The zero-order chi connectivity index (χ0) is 24.2. The first-order valence-corrected chi connectivity index (χ1v) is 11.2. The fraction of sp³-hybridized carbons (Fsp3) is 0.111. The molecule has 0 aliphatic rings. The number of methoxy groups -OCH3 is 1. The lowest BCUT2D eigenvalue weighted by molar-refractivity contribution is 0.102. The smallest absolute Gasteiger partial charge is 0.255 e. The average Bonchev–Trinajstić information content (AvgIpc) is 3.33. The highest BCUT2D eigenvalue weighted by atomic mass is 16.5. The van der Waals surface area contributed by atoms with E-state index >= 15 is 0 Å². The van der Waals surface area contributed by atoms with E-state index in [1.54, 1.807) is 31.8 Å². The number of para-hydroxylation sites is 2. The average molecular weight is 465 g/mol. The van der Waals surface area contributed by atoms with Crippen molar-refractivity contribution in [3.8, 4) is 11.6 Å². The van der Waals surface area contributed by atoms with Gasteiger partial charge in [0, 0.05) is 23.5 Å². The molecule has 1 atom stereocenters. The van der Waals surface area contributed by atoms with Crippen molar-refractivity contribution in [1.29, 1.82) is 0 Å². The number of rotatable bonds is 7. The normalized spacial score (nSPS) is 11.7. The quantitative estimate of drug-likeness (QED) is 0.342. The summed E-state index contributed by atoms with van der Waals surface area (Å²) in [6, 6.07) is 24.3. The van der Waals surface area contributed by atoms with E-state index < -0.39 is 0 Å². The van der Waals surface area contributed by atoms with Crippen molar-refractivity contribution in [2.24, 2.45) is 0 Å². The first-order chi connectivity index (χ1) is 17.1. The molecule has 174 valence electrons. The third kappa shape index (κ3) is 4.81. The number of anilines is 2. The zero-order valence-electron chi connectivity index (χ0n) is 19.3. The minimum atomic E-state index is -0.197. The molecular weight excluding hydrogens is 440 g/mol. The molecule has 3 aromatic carbocycles. The van der Waals surface area contributed by atoms with Crippen LogP contribution in [0.2, 0.25) is 0 Å². The van der Waals surface area contributed by atoms with E-state index in [-0.39, 0.29) is 11.9 Å². The van der Waals surface area contributed by atoms with Crippen molar-refractivity contribution < 1.29 is 9.53 Å². The maximum atomic E-state index is 12.8. The number of nitrogens with one attached hydrogen (secondary N) is 2. The highest BCUT2D eigenvalue weighted by Crippen LogP contribution is 2.22. The van der Waals surface area contributed by atoms with Crippen molar-refractivity contribution in [2.75, 3.05) is 17.7 Å². The van der Waals surface area contributed by atoms with Crippen LogP contribution < -0.4 is 15.4 Å². The topological polar surface area (TPSA) is 94.0 Å². The Morgan fingerprint density at radius 2 is 1.83 bits per heavy atom. The SMILES string of the molecule is COc1cccc(NC(=O)c2cccc(C(C)Nc3nccc(-n4cnc5ccccc54)n3)c2)c1. The van der Waals surface area contributed by atoms with E-state index in [1.807, 2.05) is 78.2 Å². The van der Waals surface area contributed by atoms with Crippen LogP contribution in [0.4, 0.5) is 11.6 Å². The summed E-state index contributed by atoms with van der Waals surface area (Å²) in [6.45, 7) is 2.00. The minimum Gasteiger partial charge on any atom is -0.497 e. The van der Waals surface area contributed by atoms with Gasteiger partial charge in [0.25, 0.3) is 5.91 Å². The van der Waals surface area contributed by atoms with Crippen molar-refractivity contribution in [3.63, 3.8) is 0 Å². The molecule has 2 N–H and O–H groups in total. The van der Waals surface area contributed by atoms with Gasteiger partial charge < -0.3 is 15.4 Å². The van der Waals surface area contributed by atoms with Gasteiger partial charge in [-0.25, -0.2) is 9.97 Å². The van der Waals surface area contributed by atoms with Crippen molar-refractivity contribution in [2.45, 2.75) is 13.0 Å². The zero-order valence-corrected chi connectivity index (χ0v) is 19.3. The van der Waals surface area contributed by atoms with Crippen LogP contribution >= 0.6 is 0 Å². The molecule has 5 aromatic rings. The number of nitrogens with zero attached hydrogens (tertiary/aromatic N) is 4. The van der Waals surface area contributed by atoms with E-state index in [9.17, 15) is 4.79 Å². The molecule has 5 rings (SSSR count). The van der Waals surface area contributed by atoms with E-state index in [0.717, 1.165) is 22.4 Å². The summed E-state index contributed by atoms with van der Waals surface area (Å²) in [5.41, 5.74) is 4.03. The molecule has 0 saturated heterocycles. The van der Waals surface area contributed by atoms with E-state index in [0.29, 0.717) is 22.9 Å². The van der Waals surface area contributed by atoms with Gasteiger partial charge in [0.1, 0.15) is 17.9 Å². The summed E-state index contributed by atoms with van der Waals surface area (Å²) < 4.78 is 7.15. The second-order valence-electron chi connectivity index (χ2n) is 8.02. The molecule has 8 nitrogen and oxygen atoms in total. The van der Waals surface area contributed by atoms with Crippen molar-refractivity contribution in [3.05, 3.63) is 103 Å². The number of fused-ring (bicyclic) bond motifs is 1. The summed E-state index contributed by atoms with van der Waals surface area (Å²) in [7, 11) is 1.59. The van der Waals surface area contributed by atoms with Gasteiger partial charge in [0.2, 0.25) is 5.95 Å². The lowest BCUT2D eigenvalue weighted by atomic mass is 10.0. The van der Waals surface area contributed by atoms with Crippen LogP contribution in [-0.2, 0) is 0 Å². The van der Waals surface area contributed by atoms with Crippen LogP contribution in [0.1, 0.15) is 28.9 Å². The molecule has 1 amide bonds. The van der Waals surface area contributed by atoms with Gasteiger partial charge in [0.15, 0.2) is 0 Å². The van der Waals surface area contributed by atoms with Crippen LogP contribution in [0.5, 0.6) is 5.75 Å². The van der Waals surface area contributed by atoms with E-state index in [4.69, 9.17) is 4.74 Å². The predicted molar refractivity (Wildman–Crippen MR) is 136 cm³/mol. The number of aromatic nitrogens is 4. The Morgan fingerprint density at radius 1 is 0.971 bits per heavy atom. The summed E-state index contributed by atoms with van der Waals surface area (Å²) in [5, 5.41) is 6.25. The third-order valence-electron chi connectivity index (χ3n) is 5.66. The molecule has 0 saturated carbocycles. The Bertz CT molecular complexity index is 1500. The fourth-order valence-corrected chi connectivity index (χ4v) is 3.82. The first kappa shape index (κ1) is 22.1. The number of imidazole rings is 1. The van der Waals surface area contributed by atoms with Gasteiger partial charge in [-0.3, -0.25) is 9.36 Å². The molecule has 0 aliphatic heterocycles. The number of carbonyl (C=O) groups is 1. The van der Waals surface area contributed by atoms with Gasteiger partial charge in [-0.15, -0.1) is 0 Å². The Hall–Kier alpha value is -4.72. The minimum absolute atomic E-state index is 0.130. The predicted octanol–water partition coefficient (Wildman–Crippen LogP) is 5.25. The Balaban J connectivity index is 1.32. The molecule has 0 aliphatic carbocycles. The molecule has 0 radical (unpaired) electrons. The van der Waals surface area contributed by atoms with Crippen LogP contribution in [0.15, 0.2) is 91.4 Å². The maximum absolute atomic E-state index is 12.8. The summed E-state index contributed by atoms with van der Waals surface area (Å²) in [4.78, 5) is 26.3. The first-order valence-electron chi connectivity index (χ1n) is 11.2. The fourth-order valence-electron chi connectivity index (χ4n) is 3.82. The molecule has 1 unspecified atom stereocenters. The van der Waals surface area contributed by atoms with Crippen LogP contribution in [0.25, 0.3) is 16.9 Å². The monoisotopic (exact) mass is 464 g/mol. The summed E-state index contributed by atoms with van der Waals surface area (Å²) in [5.74, 6) is 1.69. The highest BCUT2D eigenvalue weighted by molar-refractivity contribution is 6.04. The molecule has 2 heterocycles. The second-order valence-corrected chi connectivity index (χ2v) is 8.02. The number of hydrogen-bond donors (Lipinski definition) is 2. The lowest BCUT2D eigenvalue weighted by Gasteiger charge is -2.16. The number of amides is 1. The van der Waals surface area contributed by atoms with Gasteiger partial charge >= 0.3 is 0 Å². The molecule has 0 fully saturated rings. The molecular formula is C27H24N6O2. The Morgan fingerprint density at radius 3 is 2.71 bits per heavy atom. The summed E-state index contributed by atoms with van der Waals surface area (Å²) >= 11 is 0. The molecule has 35 heavy (non-hydrogen) atoms. The van der Waals surface area contributed by atoms with Crippen molar-refractivity contribution in [1.82, 2.24) is 19.5 Å². The maximum Gasteiger partial charge on any atom is 0.255 e. The third-order valence-corrected chi connectivity index (χ3v) is 5.66. The van der Waals surface area contributed by atoms with E-state index in [2.05, 4.69) is 25.6 Å². The van der Waals surface area contributed by atoms with Gasteiger partial charge in [-0.2, -0.15) is 4.98 Å². The largest absolute Gasteiger partial charge is 0.497 e. The number of carbonyl (C=O) groups excluding carboxylic acids is 1. The Kier molecular flexibility index (Phi) is 6.09. The lowest BCUT2D eigenvalue weighted by Crippen LogP contribution is -2.14. The van der Waals surface area contributed by atoms with Crippen LogP contribution in [0.3, 0.4) is 0 Å². The van der Waals surface area contributed by atoms with Crippen molar-refractivity contribution >= 4 is 28.6 Å². The van der Waals surface area contributed by atoms with Crippen LogP contribution in [0, 0.1) is 0 Å². The van der Waals surface area contributed by atoms with Gasteiger partial charge in [0.05, 0.1) is 24.2 Å². The molecule has 0 bridgehead atoms. The number of benzene rings is 3. The van der Waals surface area contributed by atoms with Gasteiger partial charge in [-0.05, 0) is 55.0 Å². The molecule has 2 aromatic heterocycles. The standard InChI is InChI=1S/C27H24N6O2/c1-18(19-7-5-8-20(15-19)26(34)31-21-9-6-10-22(16-21)35-2)30-27-28-14-13-25(32-27)33-17-29-23-11-3-4-12-24(23)33/h3-18H,1-2H3,(H,31,34)(H,28,30,32). The number of hydrogen-bond acceptors (Lipinski definition) is 6. The van der Waals surface area contributed by atoms with Crippen LogP contribution in [-0.4, -0.2) is 32.5 Å². The van der Waals surface area contributed by atoms with E-state index in [1.165, 1.54) is 0 Å². The highest BCUT2D eigenvalue weighted by Gasteiger charge is 2.13. The second kappa shape index (κ2) is 9.64. The number of ether oxygens (including phenoxy) is 1. The van der Waals surface area contributed by atoms with Gasteiger partial charge in [-0.1, -0.05) is 30.3 Å². The Labute approximate surface area is 202 Å². The molecule has 8 heteroatoms. The summed E-state index contributed by atoms with van der Waals surface area (Å²) in [6.07, 6.45) is 3.47.